The third-order valence-corrected chi connectivity index (χ3v) is 3.19. The summed E-state index contributed by atoms with van der Waals surface area (Å²) in [6.07, 6.45) is 1.02. The lowest BCUT2D eigenvalue weighted by Crippen LogP contribution is -2.43. The molecule has 0 spiro atoms. The molecule has 0 aromatic heterocycles. The number of nitrogens with one attached hydrogen (secondary N) is 1. The Morgan fingerprint density at radius 1 is 1.50 bits per heavy atom. The number of anilines is 1. The number of hydrogen-bond donors (Lipinski definition) is 2. The molecule has 1 unspecified atom stereocenters. The zero-order valence-corrected chi connectivity index (χ0v) is 10.2. The molecule has 0 radical (unpaired) electrons. The van der Waals surface area contributed by atoms with E-state index in [4.69, 9.17) is 0 Å². The molecule has 16 heavy (non-hydrogen) atoms. The van der Waals surface area contributed by atoms with E-state index in [2.05, 4.69) is 24.1 Å². The molecule has 0 amide bonds. The third kappa shape index (κ3) is 1.87. The summed E-state index contributed by atoms with van der Waals surface area (Å²) in [6, 6.07) is 6.68. The van der Waals surface area contributed by atoms with Crippen molar-refractivity contribution >= 4 is 5.69 Å². The van der Waals surface area contributed by atoms with Gasteiger partial charge in [-0.2, -0.15) is 0 Å². The topological polar surface area (TPSA) is 35.5 Å². The van der Waals surface area contributed by atoms with Gasteiger partial charge in [-0.25, -0.2) is 0 Å². The minimum absolute atomic E-state index is 0.368. The van der Waals surface area contributed by atoms with E-state index in [9.17, 15) is 5.11 Å². The van der Waals surface area contributed by atoms with Crippen molar-refractivity contribution in [3.63, 3.8) is 0 Å². The van der Waals surface area contributed by atoms with Crippen LogP contribution in [0.4, 0.5) is 5.69 Å². The van der Waals surface area contributed by atoms with E-state index in [0.717, 1.165) is 13.0 Å². The lowest BCUT2D eigenvalue weighted by Gasteiger charge is -2.31. The second kappa shape index (κ2) is 4.34. The first-order valence-electron chi connectivity index (χ1n) is 5.88. The molecule has 1 aromatic carbocycles. The second-order valence-corrected chi connectivity index (χ2v) is 4.73. The van der Waals surface area contributed by atoms with E-state index in [1.165, 1.54) is 11.3 Å². The Morgan fingerprint density at radius 3 is 2.88 bits per heavy atom. The molecule has 0 saturated carbocycles. The van der Waals surface area contributed by atoms with Gasteiger partial charge in [-0.1, -0.05) is 0 Å². The molecule has 2 rings (SSSR count). The Morgan fingerprint density at radius 2 is 2.25 bits per heavy atom. The van der Waals surface area contributed by atoms with Crippen LogP contribution < -0.4 is 10.2 Å². The van der Waals surface area contributed by atoms with Crippen LogP contribution in [0, 0.1) is 0 Å². The average Bonchev–Trinajstić information content (AvgIpc) is 2.55. The van der Waals surface area contributed by atoms with Gasteiger partial charge in [0.2, 0.25) is 0 Å². The van der Waals surface area contributed by atoms with Crippen molar-refractivity contribution in [3.05, 3.63) is 23.8 Å². The number of rotatable bonds is 3. The van der Waals surface area contributed by atoms with Crippen molar-refractivity contribution in [2.24, 2.45) is 0 Å². The van der Waals surface area contributed by atoms with Crippen LogP contribution in [0.1, 0.15) is 19.4 Å². The van der Waals surface area contributed by atoms with Crippen LogP contribution in [0.15, 0.2) is 18.2 Å². The Balaban J connectivity index is 2.33. The fraction of sp³-hybridized carbons (Fsp3) is 0.538. The number of benzene rings is 1. The summed E-state index contributed by atoms with van der Waals surface area (Å²) >= 11 is 0. The van der Waals surface area contributed by atoms with Gasteiger partial charge in [0.1, 0.15) is 5.75 Å². The molecule has 1 aromatic rings. The van der Waals surface area contributed by atoms with Crippen molar-refractivity contribution in [2.45, 2.75) is 32.4 Å². The maximum atomic E-state index is 9.50. The van der Waals surface area contributed by atoms with Crippen LogP contribution in [0.25, 0.3) is 0 Å². The van der Waals surface area contributed by atoms with E-state index >= 15 is 0 Å². The standard InChI is InChI=1S/C13H20N2O/c1-9(2)15-11(8-14-3)6-10-7-12(16)4-5-13(10)15/h4-5,7,9,11,14,16H,6,8H2,1-3H3. The summed E-state index contributed by atoms with van der Waals surface area (Å²) in [6.45, 7) is 5.41. The number of hydrogen-bond acceptors (Lipinski definition) is 3. The Kier molecular flexibility index (Phi) is 3.06. The van der Waals surface area contributed by atoms with Crippen molar-refractivity contribution in [1.82, 2.24) is 5.32 Å². The zero-order chi connectivity index (χ0) is 11.7. The molecule has 3 heteroatoms. The van der Waals surface area contributed by atoms with E-state index in [-0.39, 0.29) is 0 Å². The lowest BCUT2D eigenvalue weighted by molar-refractivity contribution is 0.475. The molecule has 1 aliphatic heterocycles. The summed E-state index contributed by atoms with van der Waals surface area (Å²) in [5.74, 6) is 0.368. The predicted molar refractivity (Wildman–Crippen MR) is 67.1 cm³/mol. The van der Waals surface area contributed by atoms with Gasteiger partial charge in [-0.15, -0.1) is 0 Å². The Hall–Kier alpha value is -1.22. The molecule has 0 aliphatic carbocycles. The van der Waals surface area contributed by atoms with Crippen LogP contribution in [-0.2, 0) is 6.42 Å². The average molecular weight is 220 g/mol. The number of phenols is 1. The highest BCUT2D eigenvalue weighted by Gasteiger charge is 2.30. The van der Waals surface area contributed by atoms with Gasteiger partial charge < -0.3 is 15.3 Å². The molecule has 1 aliphatic rings. The van der Waals surface area contributed by atoms with Crippen LogP contribution in [-0.4, -0.2) is 30.8 Å². The summed E-state index contributed by atoms with van der Waals surface area (Å²) in [4.78, 5) is 2.44. The third-order valence-electron chi connectivity index (χ3n) is 3.19. The minimum Gasteiger partial charge on any atom is -0.508 e. The van der Waals surface area contributed by atoms with E-state index in [1.54, 1.807) is 6.07 Å². The number of likely N-dealkylation sites (N-methyl/N-ethyl adjacent to an activating group) is 1. The first kappa shape index (κ1) is 11.3. The minimum atomic E-state index is 0.368. The van der Waals surface area contributed by atoms with Crippen molar-refractivity contribution in [2.75, 3.05) is 18.5 Å². The number of nitrogens with zero attached hydrogens (tertiary/aromatic N) is 1. The molecule has 0 fully saturated rings. The number of aromatic hydroxyl groups is 1. The normalized spacial score (nSPS) is 19.2. The first-order valence-corrected chi connectivity index (χ1v) is 5.88. The largest absolute Gasteiger partial charge is 0.508 e. The van der Waals surface area contributed by atoms with Crippen LogP contribution in [0.2, 0.25) is 0 Å². The predicted octanol–water partition coefficient (Wildman–Crippen LogP) is 1.75. The quantitative estimate of drug-likeness (QED) is 0.814. The van der Waals surface area contributed by atoms with Gasteiger partial charge in [0.05, 0.1) is 0 Å². The highest BCUT2D eigenvalue weighted by atomic mass is 16.3. The number of phenolic OH excluding ortho intramolecular Hbond substituents is 1. The van der Waals surface area contributed by atoms with E-state index in [0.29, 0.717) is 17.8 Å². The molecule has 0 bridgehead atoms. The van der Waals surface area contributed by atoms with Crippen molar-refractivity contribution in [1.29, 1.82) is 0 Å². The smallest absolute Gasteiger partial charge is 0.116 e. The van der Waals surface area contributed by atoms with Crippen LogP contribution in [0.3, 0.4) is 0 Å². The summed E-state index contributed by atoms with van der Waals surface area (Å²) in [7, 11) is 1.99. The first-order chi connectivity index (χ1) is 7.63. The molecule has 1 heterocycles. The highest BCUT2D eigenvalue weighted by molar-refractivity contribution is 5.62. The lowest BCUT2D eigenvalue weighted by atomic mass is 10.1. The molecule has 3 nitrogen and oxygen atoms in total. The summed E-state index contributed by atoms with van der Waals surface area (Å²) in [5, 5.41) is 12.7. The summed E-state index contributed by atoms with van der Waals surface area (Å²) < 4.78 is 0. The van der Waals surface area contributed by atoms with Gasteiger partial charge in [-0.05, 0) is 51.1 Å². The maximum absolute atomic E-state index is 9.50. The van der Waals surface area contributed by atoms with Crippen LogP contribution >= 0.6 is 0 Å². The van der Waals surface area contributed by atoms with Gasteiger partial charge in [0.25, 0.3) is 0 Å². The molecule has 2 N–H and O–H groups in total. The molecular formula is C13H20N2O. The van der Waals surface area contributed by atoms with E-state index in [1.807, 2.05) is 19.2 Å². The van der Waals surface area contributed by atoms with Gasteiger partial charge in [0, 0.05) is 24.3 Å². The van der Waals surface area contributed by atoms with E-state index < -0.39 is 0 Å². The fourth-order valence-electron chi connectivity index (χ4n) is 2.64. The number of fused-ring (bicyclic) bond motifs is 1. The molecule has 0 saturated heterocycles. The monoisotopic (exact) mass is 220 g/mol. The zero-order valence-electron chi connectivity index (χ0n) is 10.2. The molecule has 1 atom stereocenters. The van der Waals surface area contributed by atoms with Crippen molar-refractivity contribution in [3.8, 4) is 5.75 Å². The van der Waals surface area contributed by atoms with Gasteiger partial charge in [0.15, 0.2) is 0 Å². The fourth-order valence-corrected chi connectivity index (χ4v) is 2.64. The van der Waals surface area contributed by atoms with Crippen molar-refractivity contribution < 1.29 is 5.11 Å². The van der Waals surface area contributed by atoms with Gasteiger partial charge >= 0.3 is 0 Å². The molecule has 88 valence electrons. The second-order valence-electron chi connectivity index (χ2n) is 4.73. The van der Waals surface area contributed by atoms with Gasteiger partial charge in [-0.3, -0.25) is 0 Å². The molecular weight excluding hydrogens is 200 g/mol. The Labute approximate surface area is 97.1 Å². The SMILES string of the molecule is CNCC1Cc2cc(O)ccc2N1C(C)C. The highest BCUT2D eigenvalue weighted by Crippen LogP contribution is 2.35. The van der Waals surface area contributed by atoms with Crippen LogP contribution in [0.5, 0.6) is 5.75 Å². The summed E-state index contributed by atoms with van der Waals surface area (Å²) in [5.41, 5.74) is 2.53. The Bertz CT molecular complexity index is 376. The maximum Gasteiger partial charge on any atom is 0.116 e.